The Morgan fingerprint density at radius 1 is 1.42 bits per heavy atom. The van der Waals surface area contributed by atoms with Crippen LogP contribution in [0.5, 0.6) is 0 Å². The van der Waals surface area contributed by atoms with Crippen molar-refractivity contribution in [3.05, 3.63) is 0 Å². The number of nitrogens with one attached hydrogen (secondary N) is 1. The molecule has 0 aromatic carbocycles. The summed E-state index contributed by atoms with van der Waals surface area (Å²) in [7, 11) is -1.37. The summed E-state index contributed by atoms with van der Waals surface area (Å²) in [6.07, 6.45) is 2.36. The van der Waals surface area contributed by atoms with Crippen molar-refractivity contribution in [1.82, 2.24) is 10.2 Å². The zero-order valence-corrected chi connectivity index (χ0v) is 12.1. The molecule has 1 saturated carbocycles. The predicted octanol–water partition coefficient (Wildman–Crippen LogP) is -0.599. The molecule has 0 aromatic heterocycles. The second-order valence-electron chi connectivity index (χ2n) is 5.28. The fraction of sp³-hybridized carbons (Fsp3) is 0.917. The highest BCUT2D eigenvalue weighted by molar-refractivity contribution is 7.91. The van der Waals surface area contributed by atoms with Gasteiger partial charge in [-0.25, -0.2) is 8.42 Å². The lowest BCUT2D eigenvalue weighted by molar-refractivity contribution is -0.132. The minimum atomic E-state index is -2.98. The normalized spacial score (nSPS) is 26.1. The molecule has 0 bridgehead atoms. The first-order valence-electron chi connectivity index (χ1n) is 6.74. The van der Waals surface area contributed by atoms with E-state index in [2.05, 4.69) is 5.32 Å². The Bertz CT molecular complexity index is 419. The van der Waals surface area contributed by atoms with Gasteiger partial charge in [0.25, 0.3) is 0 Å². The van der Waals surface area contributed by atoms with Gasteiger partial charge in [0.15, 0.2) is 9.84 Å². The molecule has 1 amide bonds. The maximum absolute atomic E-state index is 12.2. The molecule has 1 aliphatic heterocycles. The van der Waals surface area contributed by atoms with Crippen molar-refractivity contribution >= 4 is 15.7 Å². The largest absolute Gasteiger partial charge is 0.383 e. The molecular weight excluding hydrogens is 268 g/mol. The molecule has 0 radical (unpaired) electrons. The number of rotatable bonds is 6. The summed E-state index contributed by atoms with van der Waals surface area (Å²) in [4.78, 5) is 14.1. The van der Waals surface area contributed by atoms with E-state index in [1.165, 1.54) is 0 Å². The van der Waals surface area contributed by atoms with E-state index >= 15 is 0 Å². The lowest BCUT2D eigenvalue weighted by Crippen LogP contribution is -2.48. The van der Waals surface area contributed by atoms with Crippen molar-refractivity contribution < 1.29 is 17.9 Å². The first kappa shape index (κ1) is 14.7. The average Bonchev–Trinajstić information content (AvgIpc) is 3.12. The van der Waals surface area contributed by atoms with E-state index in [0.717, 1.165) is 12.8 Å². The third kappa shape index (κ3) is 4.43. The Morgan fingerprint density at radius 3 is 2.74 bits per heavy atom. The molecule has 1 unspecified atom stereocenters. The van der Waals surface area contributed by atoms with Crippen LogP contribution in [0.4, 0.5) is 0 Å². The number of carbonyl (C=O) groups is 1. The zero-order valence-electron chi connectivity index (χ0n) is 11.3. The van der Waals surface area contributed by atoms with Crippen LogP contribution in [0.3, 0.4) is 0 Å². The van der Waals surface area contributed by atoms with Gasteiger partial charge in [0.2, 0.25) is 5.91 Å². The van der Waals surface area contributed by atoms with E-state index in [9.17, 15) is 13.2 Å². The number of sulfone groups is 1. The molecule has 0 aromatic rings. The van der Waals surface area contributed by atoms with Gasteiger partial charge in [-0.1, -0.05) is 0 Å². The molecule has 2 aliphatic rings. The smallest absolute Gasteiger partial charge is 0.224 e. The first-order chi connectivity index (χ1) is 9.02. The molecule has 2 rings (SSSR count). The maximum atomic E-state index is 12.2. The van der Waals surface area contributed by atoms with Crippen LogP contribution in [0, 0.1) is 0 Å². The van der Waals surface area contributed by atoms with Crippen LogP contribution in [0.1, 0.15) is 19.3 Å². The van der Waals surface area contributed by atoms with Crippen molar-refractivity contribution in [3.8, 4) is 0 Å². The lowest BCUT2D eigenvalue weighted by Gasteiger charge is -2.27. The Hall–Kier alpha value is -0.660. The molecule has 1 aliphatic carbocycles. The van der Waals surface area contributed by atoms with Gasteiger partial charge >= 0.3 is 0 Å². The molecule has 0 spiro atoms. The van der Waals surface area contributed by atoms with Crippen LogP contribution in [0.25, 0.3) is 0 Å². The topological polar surface area (TPSA) is 75.7 Å². The van der Waals surface area contributed by atoms with Gasteiger partial charge in [-0.2, -0.15) is 0 Å². The fourth-order valence-electron chi connectivity index (χ4n) is 2.41. The summed E-state index contributed by atoms with van der Waals surface area (Å²) in [6, 6.07) is 0.0953. The average molecular weight is 290 g/mol. The Morgan fingerprint density at radius 2 is 2.16 bits per heavy atom. The lowest BCUT2D eigenvalue weighted by atomic mass is 10.2. The molecule has 7 heteroatoms. The second-order valence-corrected chi connectivity index (χ2v) is 7.51. The van der Waals surface area contributed by atoms with E-state index in [1.54, 1.807) is 7.11 Å². The minimum absolute atomic E-state index is 0.0363. The highest BCUT2D eigenvalue weighted by atomic mass is 32.2. The summed E-state index contributed by atoms with van der Waals surface area (Å²) in [5.74, 6) is 0.282. The monoisotopic (exact) mass is 290 g/mol. The summed E-state index contributed by atoms with van der Waals surface area (Å²) in [5.41, 5.74) is 0. The van der Waals surface area contributed by atoms with Gasteiger partial charge in [-0.05, 0) is 12.8 Å². The van der Waals surface area contributed by atoms with Crippen LogP contribution in [-0.4, -0.2) is 69.6 Å². The van der Waals surface area contributed by atoms with Crippen LogP contribution >= 0.6 is 0 Å². The predicted molar refractivity (Wildman–Crippen MR) is 71.7 cm³/mol. The minimum Gasteiger partial charge on any atom is -0.383 e. The molecule has 19 heavy (non-hydrogen) atoms. The van der Waals surface area contributed by atoms with Crippen molar-refractivity contribution in [2.45, 2.75) is 31.3 Å². The first-order valence-corrected chi connectivity index (χ1v) is 8.56. The van der Waals surface area contributed by atoms with Gasteiger partial charge in [-0.3, -0.25) is 4.79 Å². The zero-order chi connectivity index (χ0) is 13.9. The standard InChI is InChI=1S/C12H22N2O4S/c1-18-6-5-14(11-2-3-11)12(15)8-10-9-19(16,17)7-4-13-10/h10-11,13H,2-9H2,1H3. The van der Waals surface area contributed by atoms with Gasteiger partial charge in [-0.15, -0.1) is 0 Å². The molecule has 1 heterocycles. The summed E-state index contributed by atoms with van der Waals surface area (Å²) >= 11 is 0. The van der Waals surface area contributed by atoms with Crippen LogP contribution in [0.15, 0.2) is 0 Å². The number of hydrogen-bond donors (Lipinski definition) is 1. The summed E-state index contributed by atoms with van der Waals surface area (Å²) in [5, 5.41) is 3.12. The quantitative estimate of drug-likeness (QED) is 0.707. The van der Waals surface area contributed by atoms with Crippen LogP contribution in [-0.2, 0) is 19.4 Å². The molecule has 1 atom stereocenters. The number of hydrogen-bond acceptors (Lipinski definition) is 5. The van der Waals surface area contributed by atoms with E-state index < -0.39 is 9.84 Å². The molecule has 1 N–H and O–H groups in total. The van der Waals surface area contributed by atoms with E-state index in [1.807, 2.05) is 4.90 Å². The highest BCUT2D eigenvalue weighted by Gasteiger charge is 2.34. The van der Waals surface area contributed by atoms with Crippen molar-refractivity contribution in [2.24, 2.45) is 0 Å². The Labute approximate surface area is 114 Å². The SMILES string of the molecule is COCCN(C(=O)CC1CS(=O)(=O)CCN1)C1CC1. The summed E-state index contributed by atoms with van der Waals surface area (Å²) in [6.45, 7) is 1.57. The fourth-order valence-corrected chi connectivity index (χ4v) is 3.86. The summed E-state index contributed by atoms with van der Waals surface area (Å²) < 4.78 is 28.1. The number of ether oxygens (including phenoxy) is 1. The second kappa shape index (κ2) is 6.19. The van der Waals surface area contributed by atoms with Gasteiger partial charge in [0.1, 0.15) is 0 Å². The third-order valence-electron chi connectivity index (χ3n) is 3.57. The molecule has 1 saturated heterocycles. The van der Waals surface area contributed by atoms with Gasteiger partial charge in [0.05, 0.1) is 18.1 Å². The molecule has 110 valence electrons. The molecule has 2 fully saturated rings. The number of nitrogens with zero attached hydrogens (tertiary/aromatic N) is 1. The number of carbonyl (C=O) groups excluding carboxylic acids is 1. The van der Waals surface area contributed by atoms with Gasteiger partial charge in [0, 0.05) is 38.7 Å². The molecule has 6 nitrogen and oxygen atoms in total. The Kier molecular flexibility index (Phi) is 4.81. The van der Waals surface area contributed by atoms with Gasteiger partial charge < -0.3 is 15.0 Å². The van der Waals surface area contributed by atoms with Crippen LogP contribution in [0.2, 0.25) is 0 Å². The van der Waals surface area contributed by atoms with Crippen molar-refractivity contribution in [3.63, 3.8) is 0 Å². The van der Waals surface area contributed by atoms with Crippen molar-refractivity contribution in [2.75, 3.05) is 38.3 Å². The maximum Gasteiger partial charge on any atom is 0.224 e. The number of amides is 1. The molecular formula is C12H22N2O4S. The van der Waals surface area contributed by atoms with E-state index in [-0.39, 0.29) is 29.9 Å². The Balaban J connectivity index is 1.87. The van der Waals surface area contributed by atoms with E-state index in [0.29, 0.717) is 25.7 Å². The third-order valence-corrected chi connectivity index (χ3v) is 5.30. The number of methoxy groups -OCH3 is 1. The van der Waals surface area contributed by atoms with Crippen LogP contribution < -0.4 is 5.32 Å². The highest BCUT2D eigenvalue weighted by Crippen LogP contribution is 2.27. The van der Waals surface area contributed by atoms with E-state index in [4.69, 9.17) is 4.74 Å². The van der Waals surface area contributed by atoms with Crippen molar-refractivity contribution in [1.29, 1.82) is 0 Å².